The molecule has 0 fully saturated rings. The summed E-state index contributed by atoms with van der Waals surface area (Å²) < 4.78 is 92.9. The number of aromatic nitrogens is 14. The zero-order valence-electron chi connectivity index (χ0n) is 62.9. The first-order valence-electron chi connectivity index (χ1n) is 35.5. The molecule has 626 valence electrons. The number of nitro groups is 3. The van der Waals surface area contributed by atoms with E-state index >= 15 is 0 Å². The molecule has 46 heteroatoms. The van der Waals surface area contributed by atoms with Crippen molar-refractivity contribution in [1.29, 1.82) is 0 Å². The number of amides is 2. The van der Waals surface area contributed by atoms with E-state index in [0.717, 1.165) is 122 Å². The van der Waals surface area contributed by atoms with E-state index in [-0.39, 0.29) is 83.3 Å². The third-order valence-electron chi connectivity index (χ3n) is 15.8. The molecule has 0 spiro atoms. The van der Waals surface area contributed by atoms with Crippen LogP contribution in [0.4, 0.5) is 82.3 Å². The first kappa shape index (κ1) is 90.8. The molecule has 0 aliphatic rings. The fourth-order valence-electron chi connectivity index (χ4n) is 10.2. The zero-order valence-corrected chi connectivity index (χ0v) is 66.1. The number of halogens is 8. The molecule has 0 radical (unpaired) electrons. The van der Waals surface area contributed by atoms with Crippen LogP contribution in [0.2, 0.25) is 0 Å². The highest BCUT2D eigenvalue weighted by Crippen LogP contribution is 2.31. The van der Waals surface area contributed by atoms with Gasteiger partial charge in [-0.25, -0.2) is 80.6 Å². The SMILES string of the molecule is C=CC(=O)Cl.C=CC(=O)Nc1cc(F)ccc1[N+](=O)[O-].Fc1ccc2nc(CCNCCc3nc4c(NCc5ncccc5F)ncnc4s3)[nH]c2c1.NCCc1nc2c(NCc3ncccc3F)ncnc2s1.Nc1cc(F)ccc1[N+](=O)[O-].O=C(CCNCCc1nc2c(NCc3ncccc3F)ncnc2s1)Nc1cc(F)ccc1[N+](=O)[O-]. The van der Waals surface area contributed by atoms with Crippen molar-refractivity contribution < 1.29 is 59.9 Å². The van der Waals surface area contributed by atoms with Gasteiger partial charge in [0, 0.05) is 113 Å². The van der Waals surface area contributed by atoms with E-state index in [1.165, 1.54) is 95.6 Å². The molecular weight excluding hydrogens is 1670 g/mol. The van der Waals surface area contributed by atoms with Crippen molar-refractivity contribution in [3.63, 3.8) is 0 Å². The number of fused-ring (bicyclic) bond motifs is 4. The summed E-state index contributed by atoms with van der Waals surface area (Å²) in [5.74, 6) is -2.03. The minimum absolute atomic E-state index is 0.0388. The Morgan fingerprint density at radius 2 is 0.884 bits per heavy atom. The molecule has 12 N–H and O–H groups in total. The molecule has 14 rings (SSSR count). The summed E-state index contributed by atoms with van der Waals surface area (Å²) in [5.41, 5.74) is 13.4. The Bertz CT molecular complexity index is 6000. The van der Waals surface area contributed by atoms with Crippen LogP contribution >= 0.6 is 45.6 Å². The molecule has 121 heavy (non-hydrogen) atoms. The number of nitro benzene ring substituents is 3. The molecule has 35 nitrogen and oxygen atoms in total. The molecule has 0 saturated carbocycles. The van der Waals surface area contributed by atoms with Gasteiger partial charge in [-0.05, 0) is 103 Å². The summed E-state index contributed by atoms with van der Waals surface area (Å²) in [6.45, 7) is 9.68. The van der Waals surface area contributed by atoms with Gasteiger partial charge in [-0.1, -0.05) is 47.2 Å². The molecule has 0 bridgehead atoms. The number of nitrogen functional groups attached to an aromatic ring is 1. The summed E-state index contributed by atoms with van der Waals surface area (Å²) in [6.07, 6.45) is 13.7. The Morgan fingerprint density at radius 3 is 1.30 bits per heavy atom. The number of pyridine rings is 3. The van der Waals surface area contributed by atoms with Gasteiger partial charge >= 0.3 is 0 Å². The van der Waals surface area contributed by atoms with Crippen molar-refractivity contribution in [3.05, 3.63) is 281 Å². The van der Waals surface area contributed by atoms with E-state index in [2.05, 4.69) is 120 Å². The van der Waals surface area contributed by atoms with Crippen LogP contribution in [0, 0.1) is 71.1 Å². The number of anilines is 6. The molecule has 4 aromatic carbocycles. The summed E-state index contributed by atoms with van der Waals surface area (Å²) in [7, 11) is 0. The van der Waals surface area contributed by atoms with Crippen LogP contribution in [0.15, 0.2) is 172 Å². The van der Waals surface area contributed by atoms with Gasteiger partial charge in [-0.2, -0.15) is 0 Å². The third kappa shape index (κ3) is 27.8. The predicted octanol–water partition coefficient (Wildman–Crippen LogP) is 12.9. The number of nitrogens with one attached hydrogen (secondary N) is 8. The molecule has 2 amide bonds. The van der Waals surface area contributed by atoms with Crippen molar-refractivity contribution in [3.8, 4) is 0 Å². The monoisotopic (exact) mass is 1740 g/mol. The normalized spacial score (nSPS) is 10.6. The lowest BCUT2D eigenvalue weighted by Gasteiger charge is -2.07. The van der Waals surface area contributed by atoms with Crippen molar-refractivity contribution in [2.75, 3.05) is 65.0 Å². The van der Waals surface area contributed by atoms with Gasteiger partial charge in [-0.15, -0.1) is 0 Å². The average Bonchev–Trinajstić information content (AvgIpc) is 1.68. The highest BCUT2D eigenvalue weighted by molar-refractivity contribution is 7.18. The van der Waals surface area contributed by atoms with Crippen LogP contribution in [0.5, 0.6) is 0 Å². The summed E-state index contributed by atoms with van der Waals surface area (Å²) >= 11 is 9.10. The van der Waals surface area contributed by atoms with Crippen LogP contribution < -0.4 is 48.7 Å². The maximum atomic E-state index is 13.8. The fourth-order valence-corrected chi connectivity index (χ4v) is 12.9. The van der Waals surface area contributed by atoms with Crippen LogP contribution in [-0.2, 0) is 59.7 Å². The lowest BCUT2D eigenvalue weighted by Crippen LogP contribution is -2.23. The molecule has 0 atom stereocenters. The molecule has 10 aromatic heterocycles. The number of hydrogen-bond donors (Lipinski definition) is 10. The Labute approximate surface area is 696 Å². The topological polar surface area (TPSA) is 500 Å². The van der Waals surface area contributed by atoms with Gasteiger partial charge in [0.25, 0.3) is 17.1 Å². The molecule has 10 heterocycles. The molecule has 0 aliphatic carbocycles. The summed E-state index contributed by atoms with van der Waals surface area (Å²) in [6, 6.07) is 21.9. The Balaban J connectivity index is 0.000000179. The van der Waals surface area contributed by atoms with E-state index in [0.29, 0.717) is 94.6 Å². The van der Waals surface area contributed by atoms with Crippen LogP contribution in [0.3, 0.4) is 0 Å². The second-order valence-corrected chi connectivity index (χ2v) is 27.8. The largest absolute Gasteiger partial charge is 0.393 e. The van der Waals surface area contributed by atoms with Gasteiger partial charge < -0.3 is 53.7 Å². The molecule has 0 saturated heterocycles. The van der Waals surface area contributed by atoms with E-state index in [1.807, 2.05) is 0 Å². The smallest absolute Gasteiger partial charge is 0.292 e. The van der Waals surface area contributed by atoms with Crippen LogP contribution in [0.1, 0.15) is 44.3 Å². The van der Waals surface area contributed by atoms with E-state index < -0.39 is 55.1 Å². The number of carbonyl (C=O) groups excluding carboxylic acids is 3. The molecule has 0 aliphatic heterocycles. The number of rotatable bonds is 30. The number of hydrogen-bond acceptors (Lipinski definition) is 32. The van der Waals surface area contributed by atoms with E-state index in [4.69, 9.17) is 23.1 Å². The van der Waals surface area contributed by atoms with Gasteiger partial charge in [0.05, 0.1) is 77.5 Å². The number of nitrogens with two attached hydrogens (primary N) is 2. The number of H-pyrrole nitrogens is 1. The second-order valence-electron chi connectivity index (χ2n) is 24.2. The van der Waals surface area contributed by atoms with Crippen molar-refractivity contribution in [2.45, 2.75) is 51.7 Å². The van der Waals surface area contributed by atoms with Gasteiger partial charge in [0.2, 0.25) is 17.1 Å². The summed E-state index contributed by atoms with van der Waals surface area (Å²) in [4.78, 5) is 123. The van der Waals surface area contributed by atoms with Gasteiger partial charge in [0.15, 0.2) is 17.5 Å². The summed E-state index contributed by atoms with van der Waals surface area (Å²) in [5, 5.41) is 54.0. The van der Waals surface area contributed by atoms with Crippen molar-refractivity contribution >= 4 is 156 Å². The number of nitrogens with zero attached hydrogens (tertiary/aromatic N) is 16. The number of aromatic amines is 1. The number of thiazole rings is 3. The number of carbonyl (C=O) groups is 3. The predicted molar refractivity (Wildman–Crippen MR) is 443 cm³/mol. The maximum absolute atomic E-state index is 13.8. The van der Waals surface area contributed by atoms with E-state index in [1.54, 1.807) is 30.6 Å². The van der Waals surface area contributed by atoms with E-state index in [9.17, 15) is 75.5 Å². The quantitative estimate of drug-likeness (QED) is 0.00380. The first-order valence-corrected chi connectivity index (χ1v) is 38.3. The minimum Gasteiger partial charge on any atom is -0.393 e. The molecule has 14 aromatic rings. The number of allylic oxidation sites excluding steroid dienone is 1. The number of imidazole rings is 1. The van der Waals surface area contributed by atoms with Crippen molar-refractivity contribution in [1.82, 2.24) is 80.4 Å². The lowest BCUT2D eigenvalue weighted by molar-refractivity contribution is -0.384. The highest BCUT2D eigenvalue weighted by Gasteiger charge is 2.21. The van der Waals surface area contributed by atoms with Crippen molar-refractivity contribution in [2.24, 2.45) is 5.73 Å². The lowest BCUT2D eigenvalue weighted by atomic mass is 10.2. The number of benzene rings is 4. The van der Waals surface area contributed by atoms with Gasteiger partial charge in [0.1, 0.15) is 114 Å². The second kappa shape index (κ2) is 45.6. The molecular formula is C75H68ClF7N26O9S3. The molecule has 0 unspecified atom stereocenters. The minimum atomic E-state index is -0.710. The maximum Gasteiger partial charge on any atom is 0.292 e. The Kier molecular flexibility index (Phi) is 34.2. The fraction of sp³-hybridized carbons (Fsp3) is 0.173. The Morgan fingerprint density at radius 1 is 0.488 bits per heavy atom. The van der Waals surface area contributed by atoms with Crippen LogP contribution in [-0.4, -0.2) is 134 Å². The average molecular weight is 1740 g/mol. The Hall–Kier alpha value is -14.1. The van der Waals surface area contributed by atoms with Crippen LogP contribution in [0.25, 0.3) is 42.1 Å². The zero-order chi connectivity index (χ0) is 86.9. The standard InChI is InChI=1S/C22H20F2N8O3S.C22H20F2N8S.C13H13FN6S.C9H7FN2O3.C6H5FN2O2.C3H3ClO/c23-13-3-4-17(32(34)35)15(10-13)30-18(33)5-8-25-9-6-19-31-20-21(28-12-29-22(20)36-19)27-11-16-14(24)2-1-7-26-16;23-13-3-4-15-16(10-13)31-18(30-15)5-8-25-9-6-19-32-20-21(28-12-29-22(20)33-19)27-11-17-14(24)2-1-7-26-17;14-8-2-1-5-16-9(8)6-17-12-11-13(19-7-18-12)21-10(20-11)3-4-15;1-2-9(13)11-7-5-6(10)3-4-8(7)12(14)15;7-4-1-2-6(9(10)11)5(8)3-4;1-2-3(4)5/h1-4,7,10,12,25H,5-6,8-9,11H2,(H,30,33)(H,27,28,29);1-4,7,10,12,25H,5-6,8-9,11H2,(H,30,31)(H,27,28,29);1-2,5,7H,3-4,6,15H2,(H,17,18,19);2-5H,1H2,(H,11,13);1-3H,8H2;2H,1H2. The first-order chi connectivity index (χ1) is 58.3. The third-order valence-corrected chi connectivity index (χ3v) is 19.0. The highest BCUT2D eigenvalue weighted by atomic mass is 35.5. The van der Waals surface area contributed by atoms with Gasteiger partial charge in [-0.3, -0.25) is 59.7 Å².